The van der Waals surface area contributed by atoms with Crippen molar-refractivity contribution in [1.82, 2.24) is 0 Å². The van der Waals surface area contributed by atoms with E-state index in [0.29, 0.717) is 13.0 Å². The van der Waals surface area contributed by atoms with E-state index in [0.717, 1.165) is 18.4 Å². The van der Waals surface area contributed by atoms with Crippen LogP contribution in [-0.2, 0) is 16.0 Å². The second-order valence-corrected chi connectivity index (χ2v) is 8.06. The number of hydrogen-bond donors (Lipinski definition) is 1. The van der Waals surface area contributed by atoms with Crippen LogP contribution < -0.4 is 5.73 Å². The van der Waals surface area contributed by atoms with Gasteiger partial charge in [-0.25, -0.2) is 0 Å². The first-order valence-corrected chi connectivity index (χ1v) is 11.7. The summed E-state index contributed by atoms with van der Waals surface area (Å²) in [5, 5.41) is 0. The van der Waals surface area contributed by atoms with Gasteiger partial charge in [-0.3, -0.25) is 4.79 Å². The highest BCUT2D eigenvalue weighted by Crippen LogP contribution is 2.13. The number of carbonyl (C=O) groups excluding carboxylic acids is 1. The molecular weight excluding hydrogens is 346 g/mol. The molecule has 0 radical (unpaired) electrons. The molecular formula is C25H43NO2. The number of unbranched alkanes of at least 4 members (excludes halogenated alkanes) is 13. The van der Waals surface area contributed by atoms with E-state index in [2.05, 4.69) is 6.92 Å². The quantitative estimate of drug-likeness (QED) is 0.228. The maximum Gasteiger partial charge on any atom is 0.323 e. The van der Waals surface area contributed by atoms with Gasteiger partial charge in [0.2, 0.25) is 0 Å². The van der Waals surface area contributed by atoms with Crippen molar-refractivity contribution in [2.24, 2.45) is 5.73 Å². The van der Waals surface area contributed by atoms with E-state index < -0.39 is 6.04 Å². The topological polar surface area (TPSA) is 52.3 Å². The Labute approximate surface area is 173 Å². The third kappa shape index (κ3) is 13.8. The number of rotatable bonds is 18. The molecule has 0 heterocycles. The van der Waals surface area contributed by atoms with E-state index in [1.807, 2.05) is 30.3 Å². The largest absolute Gasteiger partial charge is 0.465 e. The van der Waals surface area contributed by atoms with Crippen LogP contribution >= 0.6 is 0 Å². The minimum Gasteiger partial charge on any atom is -0.465 e. The maximum atomic E-state index is 11.9. The van der Waals surface area contributed by atoms with Crippen LogP contribution in [0.15, 0.2) is 30.3 Å². The van der Waals surface area contributed by atoms with Gasteiger partial charge in [-0.15, -0.1) is 0 Å². The summed E-state index contributed by atoms with van der Waals surface area (Å²) >= 11 is 0. The van der Waals surface area contributed by atoms with Crippen molar-refractivity contribution in [2.45, 2.75) is 109 Å². The SMILES string of the molecule is CCCCCCCCCCCCCCCCOC(=O)C(N)Cc1ccccc1. The van der Waals surface area contributed by atoms with Gasteiger partial charge in [0.25, 0.3) is 0 Å². The molecule has 0 saturated heterocycles. The van der Waals surface area contributed by atoms with E-state index in [4.69, 9.17) is 10.5 Å². The number of carbonyl (C=O) groups is 1. The molecule has 1 rings (SSSR count). The summed E-state index contributed by atoms with van der Waals surface area (Å²) < 4.78 is 5.32. The van der Waals surface area contributed by atoms with Crippen LogP contribution in [0.25, 0.3) is 0 Å². The molecule has 3 nitrogen and oxygen atoms in total. The van der Waals surface area contributed by atoms with Crippen molar-refractivity contribution in [2.75, 3.05) is 6.61 Å². The highest BCUT2D eigenvalue weighted by Gasteiger charge is 2.15. The average molecular weight is 390 g/mol. The zero-order valence-corrected chi connectivity index (χ0v) is 18.2. The summed E-state index contributed by atoms with van der Waals surface area (Å²) in [6.45, 7) is 2.77. The van der Waals surface area contributed by atoms with Crippen LogP contribution in [-0.4, -0.2) is 18.6 Å². The molecule has 0 aliphatic rings. The first-order valence-electron chi connectivity index (χ1n) is 11.7. The van der Waals surface area contributed by atoms with Gasteiger partial charge in [0.05, 0.1) is 6.61 Å². The fourth-order valence-corrected chi connectivity index (χ4v) is 3.53. The summed E-state index contributed by atoms with van der Waals surface area (Å²) in [4.78, 5) is 11.9. The predicted octanol–water partition coefficient (Wildman–Crippen LogP) is 6.58. The van der Waals surface area contributed by atoms with E-state index in [9.17, 15) is 4.79 Å². The Morgan fingerprint density at radius 1 is 0.786 bits per heavy atom. The fourth-order valence-electron chi connectivity index (χ4n) is 3.53. The Morgan fingerprint density at radius 3 is 1.75 bits per heavy atom. The smallest absolute Gasteiger partial charge is 0.323 e. The summed E-state index contributed by atoms with van der Waals surface area (Å²) in [5.74, 6) is -0.279. The van der Waals surface area contributed by atoms with Crippen LogP contribution in [0.3, 0.4) is 0 Å². The normalized spacial score (nSPS) is 12.1. The molecule has 0 fully saturated rings. The minimum atomic E-state index is -0.561. The maximum absolute atomic E-state index is 11.9. The lowest BCUT2D eigenvalue weighted by Crippen LogP contribution is -2.34. The van der Waals surface area contributed by atoms with Gasteiger partial charge in [-0.1, -0.05) is 121 Å². The second kappa shape index (κ2) is 17.7. The molecule has 0 spiro atoms. The molecule has 28 heavy (non-hydrogen) atoms. The van der Waals surface area contributed by atoms with Gasteiger partial charge < -0.3 is 10.5 Å². The first-order chi connectivity index (χ1) is 13.7. The van der Waals surface area contributed by atoms with Crippen LogP contribution in [0.1, 0.15) is 102 Å². The van der Waals surface area contributed by atoms with Crippen molar-refractivity contribution in [3.05, 3.63) is 35.9 Å². The van der Waals surface area contributed by atoms with Gasteiger partial charge in [0.15, 0.2) is 0 Å². The van der Waals surface area contributed by atoms with Gasteiger partial charge >= 0.3 is 5.97 Å². The Bertz CT molecular complexity index is 475. The molecule has 0 aliphatic carbocycles. The van der Waals surface area contributed by atoms with Crippen LogP contribution in [0, 0.1) is 0 Å². The van der Waals surface area contributed by atoms with Crippen molar-refractivity contribution in [1.29, 1.82) is 0 Å². The molecule has 0 aliphatic heterocycles. The van der Waals surface area contributed by atoms with Crippen molar-refractivity contribution in [3.63, 3.8) is 0 Å². The Morgan fingerprint density at radius 2 is 1.25 bits per heavy atom. The van der Waals surface area contributed by atoms with Crippen molar-refractivity contribution >= 4 is 5.97 Å². The van der Waals surface area contributed by atoms with Gasteiger partial charge in [0.1, 0.15) is 6.04 Å². The van der Waals surface area contributed by atoms with E-state index in [1.165, 1.54) is 77.0 Å². The number of hydrogen-bond acceptors (Lipinski definition) is 3. The van der Waals surface area contributed by atoms with E-state index in [-0.39, 0.29) is 5.97 Å². The van der Waals surface area contributed by atoms with Crippen LogP contribution in [0.2, 0.25) is 0 Å². The van der Waals surface area contributed by atoms with Gasteiger partial charge in [-0.2, -0.15) is 0 Å². The third-order valence-electron chi connectivity index (χ3n) is 5.34. The molecule has 1 unspecified atom stereocenters. The molecule has 1 aromatic rings. The number of esters is 1. The lowest BCUT2D eigenvalue weighted by molar-refractivity contribution is -0.145. The Balaban J connectivity index is 1.84. The molecule has 3 heteroatoms. The lowest BCUT2D eigenvalue weighted by Gasteiger charge is -2.11. The second-order valence-electron chi connectivity index (χ2n) is 8.06. The summed E-state index contributed by atoms with van der Waals surface area (Å²) in [7, 11) is 0. The average Bonchev–Trinajstić information content (AvgIpc) is 2.71. The van der Waals surface area contributed by atoms with Crippen molar-refractivity contribution < 1.29 is 9.53 Å². The monoisotopic (exact) mass is 389 g/mol. The highest BCUT2D eigenvalue weighted by atomic mass is 16.5. The zero-order valence-electron chi connectivity index (χ0n) is 18.2. The number of nitrogens with two attached hydrogens (primary N) is 1. The predicted molar refractivity (Wildman–Crippen MR) is 119 cm³/mol. The fraction of sp³-hybridized carbons (Fsp3) is 0.720. The number of ether oxygens (including phenoxy) is 1. The van der Waals surface area contributed by atoms with Crippen molar-refractivity contribution in [3.8, 4) is 0 Å². The summed E-state index contributed by atoms with van der Waals surface area (Å²) in [5.41, 5.74) is 7.01. The standard InChI is InChI=1S/C25H43NO2/c1-2-3-4-5-6-7-8-9-10-11-12-13-14-18-21-28-25(27)24(26)22-23-19-16-15-17-20-23/h15-17,19-20,24H,2-14,18,21-22,26H2,1H3. The molecule has 0 bridgehead atoms. The van der Waals surface area contributed by atoms with Gasteiger partial charge in [0, 0.05) is 0 Å². The third-order valence-corrected chi connectivity index (χ3v) is 5.34. The van der Waals surface area contributed by atoms with Crippen LogP contribution in [0.5, 0.6) is 0 Å². The zero-order chi connectivity index (χ0) is 20.3. The summed E-state index contributed by atoms with van der Waals surface area (Å²) in [6, 6.07) is 9.29. The van der Waals surface area contributed by atoms with E-state index >= 15 is 0 Å². The van der Waals surface area contributed by atoms with E-state index in [1.54, 1.807) is 0 Å². The molecule has 1 atom stereocenters. The lowest BCUT2D eigenvalue weighted by atomic mass is 10.0. The Kier molecular flexibility index (Phi) is 15.6. The Hall–Kier alpha value is -1.35. The van der Waals surface area contributed by atoms with Crippen LogP contribution in [0.4, 0.5) is 0 Å². The first kappa shape index (κ1) is 24.7. The summed E-state index contributed by atoms with van der Waals surface area (Å²) in [6.07, 6.45) is 19.1. The molecule has 0 amide bonds. The molecule has 0 aromatic heterocycles. The molecule has 0 saturated carbocycles. The van der Waals surface area contributed by atoms with Gasteiger partial charge in [-0.05, 0) is 18.4 Å². The minimum absolute atomic E-state index is 0.279. The number of benzene rings is 1. The molecule has 2 N–H and O–H groups in total. The molecule has 1 aromatic carbocycles. The highest BCUT2D eigenvalue weighted by molar-refractivity contribution is 5.75. The molecule has 160 valence electrons.